The van der Waals surface area contributed by atoms with Crippen molar-refractivity contribution < 1.29 is 4.39 Å². The first-order valence-electron chi connectivity index (χ1n) is 10.6. The molecule has 2 aromatic carbocycles. The third-order valence-corrected chi connectivity index (χ3v) is 6.21. The molecule has 0 N–H and O–H groups in total. The maximum Gasteiger partial charge on any atom is 0.127 e. The van der Waals surface area contributed by atoms with Gasteiger partial charge in [0.1, 0.15) is 5.82 Å². The van der Waals surface area contributed by atoms with Gasteiger partial charge in [-0.15, -0.1) is 0 Å². The molecule has 0 aromatic heterocycles. The van der Waals surface area contributed by atoms with Crippen LogP contribution in [-0.4, -0.2) is 0 Å². The summed E-state index contributed by atoms with van der Waals surface area (Å²) in [5.41, 5.74) is 4.35. The smallest absolute Gasteiger partial charge is 0.127 e. The van der Waals surface area contributed by atoms with Crippen LogP contribution in [-0.2, 0) is 6.42 Å². The van der Waals surface area contributed by atoms with Crippen molar-refractivity contribution in [3.05, 3.63) is 59.4 Å². The predicted octanol–water partition coefficient (Wildman–Crippen LogP) is 7.91. The van der Waals surface area contributed by atoms with Crippen LogP contribution in [0.4, 0.5) is 4.39 Å². The topological polar surface area (TPSA) is 0 Å². The fourth-order valence-corrected chi connectivity index (χ4v) is 4.43. The molecule has 0 spiro atoms. The first kappa shape index (κ1) is 19.1. The third kappa shape index (κ3) is 4.75. The fraction of sp³-hybridized carbons (Fsp3) is 0.520. The van der Waals surface area contributed by atoms with Crippen molar-refractivity contribution in [1.82, 2.24) is 0 Å². The van der Waals surface area contributed by atoms with Crippen LogP contribution in [0.1, 0.15) is 82.3 Å². The Morgan fingerprint density at radius 3 is 2.15 bits per heavy atom. The summed E-state index contributed by atoms with van der Waals surface area (Å²) in [6, 6.07) is 14.5. The van der Waals surface area contributed by atoms with Gasteiger partial charge in [0.2, 0.25) is 0 Å². The summed E-state index contributed by atoms with van der Waals surface area (Å²) in [6.45, 7) is 4.28. The van der Waals surface area contributed by atoms with Crippen LogP contribution in [0, 0.1) is 11.7 Å². The lowest BCUT2D eigenvalue weighted by Gasteiger charge is -2.29. The van der Waals surface area contributed by atoms with Crippen molar-refractivity contribution in [2.24, 2.45) is 5.92 Å². The van der Waals surface area contributed by atoms with Crippen molar-refractivity contribution >= 4 is 0 Å². The predicted molar refractivity (Wildman–Crippen MR) is 110 cm³/mol. The summed E-state index contributed by atoms with van der Waals surface area (Å²) in [5.74, 6) is 1.58. The van der Waals surface area contributed by atoms with E-state index in [0.717, 1.165) is 29.0 Å². The molecule has 2 aromatic rings. The second-order valence-electron chi connectivity index (χ2n) is 8.00. The van der Waals surface area contributed by atoms with Crippen LogP contribution in [0.15, 0.2) is 42.5 Å². The Morgan fingerprint density at radius 1 is 0.846 bits per heavy atom. The summed E-state index contributed by atoms with van der Waals surface area (Å²) < 4.78 is 14.1. The van der Waals surface area contributed by atoms with E-state index < -0.39 is 0 Å². The van der Waals surface area contributed by atoms with Crippen molar-refractivity contribution in [3.8, 4) is 11.1 Å². The molecule has 0 radical (unpaired) electrons. The van der Waals surface area contributed by atoms with Gasteiger partial charge in [-0.2, -0.15) is 0 Å². The zero-order chi connectivity index (χ0) is 18.4. The van der Waals surface area contributed by atoms with Crippen LogP contribution in [0.5, 0.6) is 0 Å². The molecule has 1 fully saturated rings. The maximum atomic E-state index is 14.1. The molecule has 0 atom stereocenters. The van der Waals surface area contributed by atoms with Gasteiger partial charge in [-0.25, -0.2) is 4.39 Å². The van der Waals surface area contributed by atoms with E-state index in [4.69, 9.17) is 0 Å². The van der Waals surface area contributed by atoms with Gasteiger partial charge in [0, 0.05) is 0 Å². The lowest BCUT2D eigenvalue weighted by atomic mass is 9.77. The number of aryl methyl sites for hydroxylation is 1. The molecule has 0 unspecified atom stereocenters. The van der Waals surface area contributed by atoms with E-state index in [1.807, 2.05) is 19.1 Å². The largest absolute Gasteiger partial charge is 0.207 e. The molecule has 0 saturated heterocycles. The van der Waals surface area contributed by atoms with Gasteiger partial charge in [-0.3, -0.25) is 0 Å². The standard InChI is InChI=1S/C25H33F/c1-3-5-6-7-19-8-10-21(11-9-19)22-13-15-23(16-14-22)24-17-12-20(4-2)25(26)18-24/h12-19,21H,3-11H2,1-2H3. The molecule has 1 saturated carbocycles. The Bertz CT molecular complexity index is 678. The molecule has 140 valence electrons. The Labute approximate surface area is 158 Å². The minimum atomic E-state index is -0.0875. The van der Waals surface area contributed by atoms with E-state index in [1.165, 1.54) is 56.9 Å². The quantitative estimate of drug-likeness (QED) is 0.444. The molecule has 1 heteroatoms. The normalized spacial score (nSPS) is 20.3. The SMILES string of the molecule is CCCCCC1CCC(c2ccc(-c3ccc(CC)c(F)c3)cc2)CC1. The molecule has 1 aliphatic rings. The highest BCUT2D eigenvalue weighted by Gasteiger charge is 2.22. The molecular weight excluding hydrogens is 319 g/mol. The van der Waals surface area contributed by atoms with Crippen LogP contribution >= 0.6 is 0 Å². The van der Waals surface area contributed by atoms with Gasteiger partial charge in [-0.1, -0.05) is 75.9 Å². The molecule has 1 aliphatic carbocycles. The number of halogens is 1. The van der Waals surface area contributed by atoms with E-state index in [2.05, 4.69) is 31.2 Å². The second kappa shape index (κ2) is 9.35. The second-order valence-corrected chi connectivity index (χ2v) is 8.00. The number of unbranched alkanes of at least 4 members (excludes halogenated alkanes) is 2. The van der Waals surface area contributed by atoms with Crippen LogP contribution in [0.2, 0.25) is 0 Å². The molecule has 0 amide bonds. The van der Waals surface area contributed by atoms with Gasteiger partial charge >= 0.3 is 0 Å². The van der Waals surface area contributed by atoms with E-state index >= 15 is 0 Å². The Hall–Kier alpha value is -1.63. The van der Waals surface area contributed by atoms with Crippen LogP contribution in [0.3, 0.4) is 0 Å². The average molecular weight is 353 g/mol. The summed E-state index contributed by atoms with van der Waals surface area (Å²) in [7, 11) is 0. The van der Waals surface area contributed by atoms with Gasteiger partial charge in [0.15, 0.2) is 0 Å². The minimum absolute atomic E-state index is 0.0875. The Balaban J connectivity index is 1.59. The number of rotatable bonds is 7. The molecule has 0 bridgehead atoms. The average Bonchev–Trinajstić information content (AvgIpc) is 2.69. The summed E-state index contributed by atoms with van der Waals surface area (Å²) in [6.07, 6.45) is 11.7. The van der Waals surface area contributed by atoms with Crippen LogP contribution in [0.25, 0.3) is 11.1 Å². The van der Waals surface area contributed by atoms with Crippen molar-refractivity contribution in [2.75, 3.05) is 0 Å². The molecule has 0 heterocycles. The molecule has 0 aliphatic heterocycles. The van der Waals surface area contributed by atoms with Crippen molar-refractivity contribution in [1.29, 1.82) is 0 Å². The van der Waals surface area contributed by atoms with Crippen LogP contribution < -0.4 is 0 Å². The van der Waals surface area contributed by atoms with Crippen molar-refractivity contribution in [3.63, 3.8) is 0 Å². The summed E-state index contributed by atoms with van der Waals surface area (Å²) >= 11 is 0. The molecule has 3 rings (SSSR count). The molecule has 0 nitrogen and oxygen atoms in total. The maximum absolute atomic E-state index is 14.1. The first-order valence-corrected chi connectivity index (χ1v) is 10.6. The highest BCUT2D eigenvalue weighted by molar-refractivity contribution is 5.64. The van der Waals surface area contributed by atoms with Gasteiger partial charge < -0.3 is 0 Å². The van der Waals surface area contributed by atoms with Gasteiger partial charge in [0.05, 0.1) is 0 Å². The van der Waals surface area contributed by atoms with E-state index in [1.54, 1.807) is 6.07 Å². The van der Waals surface area contributed by atoms with Crippen molar-refractivity contribution in [2.45, 2.75) is 77.6 Å². The summed E-state index contributed by atoms with van der Waals surface area (Å²) in [5, 5.41) is 0. The van der Waals surface area contributed by atoms with Gasteiger partial charge in [0.25, 0.3) is 0 Å². The fourth-order valence-electron chi connectivity index (χ4n) is 4.43. The highest BCUT2D eigenvalue weighted by atomic mass is 19.1. The lowest BCUT2D eigenvalue weighted by molar-refractivity contribution is 0.303. The highest BCUT2D eigenvalue weighted by Crippen LogP contribution is 2.38. The molecular formula is C25H33F. The Morgan fingerprint density at radius 2 is 1.54 bits per heavy atom. The Kier molecular flexibility index (Phi) is 6.88. The zero-order valence-electron chi connectivity index (χ0n) is 16.4. The van der Waals surface area contributed by atoms with E-state index in [9.17, 15) is 4.39 Å². The number of hydrogen-bond donors (Lipinski definition) is 0. The zero-order valence-corrected chi connectivity index (χ0v) is 16.4. The lowest BCUT2D eigenvalue weighted by Crippen LogP contribution is -2.13. The van der Waals surface area contributed by atoms with Gasteiger partial charge in [-0.05, 0) is 72.3 Å². The molecule has 26 heavy (non-hydrogen) atoms. The third-order valence-electron chi connectivity index (χ3n) is 6.21. The van der Waals surface area contributed by atoms with E-state index in [0.29, 0.717) is 5.92 Å². The minimum Gasteiger partial charge on any atom is -0.207 e. The number of benzene rings is 2. The monoisotopic (exact) mass is 352 g/mol. The van der Waals surface area contributed by atoms with E-state index in [-0.39, 0.29) is 5.82 Å². The summed E-state index contributed by atoms with van der Waals surface area (Å²) in [4.78, 5) is 0. The first-order chi connectivity index (χ1) is 12.7. The number of hydrogen-bond acceptors (Lipinski definition) is 0.